The molecule has 1 atom stereocenters. The van der Waals surface area contributed by atoms with Gasteiger partial charge >= 0.3 is 0 Å². The molecule has 0 radical (unpaired) electrons. The molecule has 4 nitrogen and oxygen atoms in total. The molecule has 2 rings (SSSR count). The number of nitrogens with one attached hydrogen (secondary N) is 1. The molecule has 1 saturated heterocycles. The monoisotopic (exact) mass is 243 g/mol. The van der Waals surface area contributed by atoms with E-state index < -0.39 is 5.54 Å². The lowest BCUT2D eigenvalue weighted by molar-refractivity contribution is -0.123. The minimum atomic E-state index is -0.456. The predicted octanol–water partition coefficient (Wildman–Crippen LogP) is 1.66. The van der Waals surface area contributed by atoms with Gasteiger partial charge in [0.15, 0.2) is 0 Å². The highest BCUT2D eigenvalue weighted by Gasteiger charge is 2.38. The predicted molar refractivity (Wildman–Crippen MR) is 70.2 cm³/mol. The summed E-state index contributed by atoms with van der Waals surface area (Å²) in [5, 5.41) is 12.0. The molecule has 1 amide bonds. The van der Waals surface area contributed by atoms with Crippen LogP contribution in [0.3, 0.4) is 0 Å². The van der Waals surface area contributed by atoms with Gasteiger partial charge in [-0.1, -0.05) is 0 Å². The molecular weight excluding hydrogens is 226 g/mol. The highest BCUT2D eigenvalue weighted by atomic mass is 16.2. The van der Waals surface area contributed by atoms with Crippen LogP contribution in [0.15, 0.2) is 24.3 Å². The minimum Gasteiger partial charge on any atom is -0.314 e. The third kappa shape index (κ3) is 2.22. The number of carbonyl (C=O) groups excluding carboxylic acids is 1. The van der Waals surface area contributed by atoms with E-state index in [4.69, 9.17) is 5.26 Å². The van der Waals surface area contributed by atoms with Crippen molar-refractivity contribution in [1.29, 1.82) is 5.26 Å². The van der Waals surface area contributed by atoms with Crippen LogP contribution < -0.4 is 10.2 Å². The van der Waals surface area contributed by atoms with Crippen LogP contribution in [0, 0.1) is 11.3 Å². The Balaban J connectivity index is 2.17. The van der Waals surface area contributed by atoms with Crippen LogP contribution in [0.5, 0.6) is 0 Å². The molecule has 1 aromatic carbocycles. The van der Waals surface area contributed by atoms with Crippen LogP contribution in [-0.4, -0.2) is 25.0 Å². The normalized spacial score (nSPS) is 22.5. The Morgan fingerprint density at radius 2 is 2.11 bits per heavy atom. The Kier molecular flexibility index (Phi) is 3.35. The SMILES string of the molecule is CN(C(=O)C1(C)CCCN1)c1ccc(C#N)cc1. The Morgan fingerprint density at radius 1 is 1.44 bits per heavy atom. The summed E-state index contributed by atoms with van der Waals surface area (Å²) in [6.07, 6.45) is 1.90. The number of anilines is 1. The fourth-order valence-corrected chi connectivity index (χ4v) is 2.32. The topological polar surface area (TPSA) is 56.1 Å². The lowest BCUT2D eigenvalue weighted by Gasteiger charge is -2.29. The van der Waals surface area contributed by atoms with E-state index in [0.717, 1.165) is 25.1 Å². The van der Waals surface area contributed by atoms with Crippen molar-refractivity contribution < 1.29 is 4.79 Å². The van der Waals surface area contributed by atoms with Crippen molar-refractivity contribution in [3.05, 3.63) is 29.8 Å². The molecule has 4 heteroatoms. The van der Waals surface area contributed by atoms with Gasteiger partial charge in [0, 0.05) is 12.7 Å². The number of carbonyl (C=O) groups is 1. The first kappa shape index (κ1) is 12.6. The van der Waals surface area contributed by atoms with Gasteiger partial charge in [0.1, 0.15) is 0 Å². The second kappa shape index (κ2) is 4.79. The lowest BCUT2D eigenvalue weighted by Crippen LogP contribution is -2.51. The van der Waals surface area contributed by atoms with E-state index in [9.17, 15) is 4.79 Å². The third-order valence-electron chi connectivity index (χ3n) is 3.53. The standard InChI is InChI=1S/C14H17N3O/c1-14(8-3-9-16-14)13(18)17(2)12-6-4-11(10-15)5-7-12/h4-7,16H,3,8-9H2,1-2H3. The molecule has 94 valence electrons. The molecule has 1 heterocycles. The Hall–Kier alpha value is -1.86. The molecule has 0 aromatic heterocycles. The van der Waals surface area contributed by atoms with Crippen LogP contribution >= 0.6 is 0 Å². The molecule has 1 aromatic rings. The smallest absolute Gasteiger partial charge is 0.246 e. The van der Waals surface area contributed by atoms with Gasteiger partial charge in [0.25, 0.3) is 0 Å². The van der Waals surface area contributed by atoms with Crippen molar-refractivity contribution in [3.63, 3.8) is 0 Å². The highest BCUT2D eigenvalue weighted by Crippen LogP contribution is 2.24. The average Bonchev–Trinajstić information content (AvgIpc) is 2.85. The van der Waals surface area contributed by atoms with Gasteiger partial charge in [-0.05, 0) is 50.6 Å². The van der Waals surface area contributed by atoms with Crippen molar-refractivity contribution >= 4 is 11.6 Å². The first-order valence-electron chi connectivity index (χ1n) is 6.10. The molecule has 18 heavy (non-hydrogen) atoms. The third-order valence-corrected chi connectivity index (χ3v) is 3.53. The molecule has 1 aliphatic heterocycles. The minimum absolute atomic E-state index is 0.0738. The number of nitriles is 1. The zero-order chi connectivity index (χ0) is 13.2. The number of amides is 1. The average molecular weight is 243 g/mol. The summed E-state index contributed by atoms with van der Waals surface area (Å²) in [6, 6.07) is 9.12. The Bertz CT molecular complexity index is 481. The van der Waals surface area contributed by atoms with Gasteiger partial charge < -0.3 is 10.2 Å². The number of nitrogens with zero attached hydrogens (tertiary/aromatic N) is 2. The molecule has 0 bridgehead atoms. The number of hydrogen-bond donors (Lipinski definition) is 1. The van der Waals surface area contributed by atoms with Gasteiger partial charge in [-0.15, -0.1) is 0 Å². The fraction of sp³-hybridized carbons (Fsp3) is 0.429. The summed E-state index contributed by atoms with van der Waals surface area (Å²) in [6.45, 7) is 2.84. The van der Waals surface area contributed by atoms with E-state index in [0.29, 0.717) is 5.56 Å². The van der Waals surface area contributed by atoms with Crippen molar-refractivity contribution in [2.45, 2.75) is 25.3 Å². The molecule has 0 spiro atoms. The number of rotatable bonds is 2. The van der Waals surface area contributed by atoms with Crippen molar-refractivity contribution in [1.82, 2.24) is 5.32 Å². The molecule has 1 unspecified atom stereocenters. The summed E-state index contributed by atoms with van der Waals surface area (Å²) in [5.41, 5.74) is 0.960. The van der Waals surface area contributed by atoms with E-state index >= 15 is 0 Å². The first-order chi connectivity index (χ1) is 8.57. The van der Waals surface area contributed by atoms with E-state index in [1.54, 1.807) is 36.2 Å². The number of benzene rings is 1. The van der Waals surface area contributed by atoms with Gasteiger partial charge in [-0.25, -0.2) is 0 Å². The van der Waals surface area contributed by atoms with E-state index in [-0.39, 0.29) is 5.91 Å². The van der Waals surface area contributed by atoms with Gasteiger partial charge in [0.05, 0.1) is 17.2 Å². The summed E-state index contributed by atoms with van der Waals surface area (Å²) in [4.78, 5) is 14.1. The number of hydrogen-bond acceptors (Lipinski definition) is 3. The van der Waals surface area contributed by atoms with Crippen LogP contribution in [0.25, 0.3) is 0 Å². The van der Waals surface area contributed by atoms with E-state index in [2.05, 4.69) is 11.4 Å². The van der Waals surface area contributed by atoms with Crippen molar-refractivity contribution in [3.8, 4) is 6.07 Å². The molecule has 1 aliphatic rings. The Morgan fingerprint density at radius 3 is 2.61 bits per heavy atom. The Labute approximate surface area is 107 Å². The maximum atomic E-state index is 12.4. The van der Waals surface area contributed by atoms with Gasteiger partial charge in [-0.3, -0.25) is 4.79 Å². The summed E-state index contributed by atoms with van der Waals surface area (Å²) in [7, 11) is 1.77. The summed E-state index contributed by atoms with van der Waals surface area (Å²) >= 11 is 0. The zero-order valence-electron chi connectivity index (χ0n) is 10.7. The molecule has 0 saturated carbocycles. The lowest BCUT2D eigenvalue weighted by atomic mass is 9.98. The van der Waals surface area contributed by atoms with Gasteiger partial charge in [-0.2, -0.15) is 5.26 Å². The molecule has 1 N–H and O–H groups in total. The second-order valence-electron chi connectivity index (χ2n) is 4.89. The van der Waals surface area contributed by atoms with E-state index in [1.807, 2.05) is 6.92 Å². The maximum absolute atomic E-state index is 12.4. The molecule has 0 aliphatic carbocycles. The van der Waals surface area contributed by atoms with Crippen LogP contribution in [0.1, 0.15) is 25.3 Å². The highest BCUT2D eigenvalue weighted by molar-refractivity contribution is 5.99. The summed E-state index contributed by atoms with van der Waals surface area (Å²) < 4.78 is 0. The largest absolute Gasteiger partial charge is 0.314 e. The molecule has 1 fully saturated rings. The maximum Gasteiger partial charge on any atom is 0.246 e. The van der Waals surface area contributed by atoms with Crippen LogP contribution in [-0.2, 0) is 4.79 Å². The molecular formula is C14H17N3O. The fourth-order valence-electron chi connectivity index (χ4n) is 2.32. The van der Waals surface area contributed by atoms with Crippen LogP contribution in [0.4, 0.5) is 5.69 Å². The summed E-state index contributed by atoms with van der Waals surface area (Å²) in [5.74, 6) is 0.0738. The van der Waals surface area contributed by atoms with Gasteiger partial charge in [0.2, 0.25) is 5.91 Å². The van der Waals surface area contributed by atoms with Crippen LogP contribution in [0.2, 0.25) is 0 Å². The first-order valence-corrected chi connectivity index (χ1v) is 6.10. The van der Waals surface area contributed by atoms with Crippen molar-refractivity contribution in [2.75, 3.05) is 18.5 Å². The zero-order valence-corrected chi connectivity index (χ0v) is 10.7. The van der Waals surface area contributed by atoms with E-state index in [1.165, 1.54) is 0 Å². The number of likely N-dealkylation sites (N-methyl/N-ethyl adjacent to an activating group) is 1. The van der Waals surface area contributed by atoms with Crippen molar-refractivity contribution in [2.24, 2.45) is 0 Å². The second-order valence-corrected chi connectivity index (χ2v) is 4.89. The quantitative estimate of drug-likeness (QED) is 0.859.